The first-order valence-electron chi connectivity index (χ1n) is 12.1. The standard InChI is InChI=1S/C27H31N5O/c33-26(12-7-20-13-16-32(17-14-20)18-23-4-1-2-15-28-23)21-8-10-22(11-9-21)31-27-24-5-3-6-25(24)29-19-30-27/h1-2,4,8-11,15,19-20H,3,5-7,12-14,16-18H2,(H,29,30,31). The van der Waals surface area contributed by atoms with Crippen LogP contribution in [0.1, 0.15) is 59.4 Å². The summed E-state index contributed by atoms with van der Waals surface area (Å²) < 4.78 is 0. The number of ketones is 1. The molecule has 6 nitrogen and oxygen atoms in total. The number of nitrogens with one attached hydrogen (secondary N) is 1. The molecule has 1 aromatic carbocycles. The van der Waals surface area contributed by atoms with E-state index < -0.39 is 0 Å². The molecular formula is C27H31N5O. The number of fused-ring (bicyclic) bond motifs is 1. The molecule has 0 amide bonds. The van der Waals surface area contributed by atoms with Crippen LogP contribution in [0.3, 0.4) is 0 Å². The van der Waals surface area contributed by atoms with Crippen molar-refractivity contribution >= 4 is 17.3 Å². The number of Topliss-reactive ketones (excluding diaryl/α,β-unsaturated/α-hetero) is 1. The van der Waals surface area contributed by atoms with Crippen LogP contribution >= 0.6 is 0 Å². The summed E-state index contributed by atoms with van der Waals surface area (Å²) in [6.07, 6.45) is 10.6. The third-order valence-electron chi connectivity index (χ3n) is 6.94. The Hall–Kier alpha value is -3.12. The van der Waals surface area contributed by atoms with Gasteiger partial charge in [-0.05, 0) is 93.9 Å². The predicted molar refractivity (Wildman–Crippen MR) is 130 cm³/mol. The Morgan fingerprint density at radius 3 is 2.64 bits per heavy atom. The Kier molecular flexibility index (Phi) is 6.72. The van der Waals surface area contributed by atoms with Gasteiger partial charge >= 0.3 is 0 Å². The van der Waals surface area contributed by atoms with E-state index >= 15 is 0 Å². The molecule has 33 heavy (non-hydrogen) atoms. The van der Waals surface area contributed by atoms with Gasteiger partial charge in [0.05, 0.1) is 5.69 Å². The van der Waals surface area contributed by atoms with Crippen LogP contribution in [0.4, 0.5) is 11.5 Å². The second kappa shape index (κ2) is 10.2. The van der Waals surface area contributed by atoms with E-state index in [0.717, 1.165) is 86.6 Å². The van der Waals surface area contributed by atoms with Crippen LogP contribution in [0.5, 0.6) is 0 Å². The summed E-state index contributed by atoms with van der Waals surface area (Å²) in [6.45, 7) is 3.09. The molecule has 0 spiro atoms. The fourth-order valence-corrected chi connectivity index (χ4v) is 4.98. The van der Waals surface area contributed by atoms with Crippen LogP contribution in [0.15, 0.2) is 55.0 Å². The minimum atomic E-state index is 0.236. The van der Waals surface area contributed by atoms with Gasteiger partial charge in [-0.15, -0.1) is 0 Å². The van der Waals surface area contributed by atoms with Gasteiger partial charge in [-0.25, -0.2) is 9.97 Å². The van der Waals surface area contributed by atoms with Crippen LogP contribution in [-0.4, -0.2) is 38.7 Å². The number of anilines is 2. The van der Waals surface area contributed by atoms with E-state index in [-0.39, 0.29) is 5.78 Å². The quantitative estimate of drug-likeness (QED) is 0.497. The zero-order valence-corrected chi connectivity index (χ0v) is 19.0. The number of hydrogen-bond acceptors (Lipinski definition) is 6. The van der Waals surface area contributed by atoms with Crippen molar-refractivity contribution in [2.24, 2.45) is 5.92 Å². The fraction of sp³-hybridized carbons (Fsp3) is 0.407. The number of carbonyl (C=O) groups is 1. The Bertz CT molecular complexity index is 1080. The van der Waals surface area contributed by atoms with E-state index in [1.165, 1.54) is 5.56 Å². The van der Waals surface area contributed by atoms with Gasteiger partial charge in [0.1, 0.15) is 12.1 Å². The summed E-state index contributed by atoms with van der Waals surface area (Å²) in [7, 11) is 0. The lowest BCUT2D eigenvalue weighted by Gasteiger charge is -2.31. The van der Waals surface area contributed by atoms with Crippen molar-refractivity contribution in [3.63, 3.8) is 0 Å². The molecule has 1 saturated heterocycles. The number of pyridine rings is 1. The number of hydrogen-bond donors (Lipinski definition) is 1. The topological polar surface area (TPSA) is 71.0 Å². The summed E-state index contributed by atoms with van der Waals surface area (Å²) in [5.74, 6) is 1.76. The number of likely N-dealkylation sites (tertiary alicyclic amines) is 1. The number of carbonyl (C=O) groups excluding carboxylic acids is 1. The highest BCUT2D eigenvalue weighted by molar-refractivity contribution is 5.96. The molecule has 1 aliphatic carbocycles. The van der Waals surface area contributed by atoms with Crippen molar-refractivity contribution in [2.75, 3.05) is 18.4 Å². The number of rotatable bonds is 8. The van der Waals surface area contributed by atoms with E-state index in [1.54, 1.807) is 6.33 Å². The summed E-state index contributed by atoms with van der Waals surface area (Å²) >= 11 is 0. The first kappa shape index (κ1) is 21.7. The fourth-order valence-electron chi connectivity index (χ4n) is 4.98. The van der Waals surface area contributed by atoms with Crippen LogP contribution in [0.25, 0.3) is 0 Å². The monoisotopic (exact) mass is 441 g/mol. The minimum absolute atomic E-state index is 0.236. The van der Waals surface area contributed by atoms with Crippen molar-refractivity contribution in [1.82, 2.24) is 19.9 Å². The summed E-state index contributed by atoms with van der Waals surface area (Å²) in [6, 6.07) is 13.9. The second-order valence-corrected chi connectivity index (χ2v) is 9.21. The van der Waals surface area contributed by atoms with Crippen molar-refractivity contribution in [1.29, 1.82) is 0 Å². The molecule has 6 heteroatoms. The molecule has 0 saturated carbocycles. The lowest BCUT2D eigenvalue weighted by molar-refractivity contribution is 0.0961. The highest BCUT2D eigenvalue weighted by Gasteiger charge is 2.21. The minimum Gasteiger partial charge on any atom is -0.340 e. The predicted octanol–water partition coefficient (Wildman–Crippen LogP) is 4.98. The molecule has 3 aromatic rings. The zero-order valence-electron chi connectivity index (χ0n) is 19.0. The van der Waals surface area contributed by atoms with Crippen molar-refractivity contribution < 1.29 is 4.79 Å². The summed E-state index contributed by atoms with van der Waals surface area (Å²) in [5.41, 5.74) is 5.26. The highest BCUT2D eigenvalue weighted by atomic mass is 16.1. The highest BCUT2D eigenvalue weighted by Crippen LogP contribution is 2.28. The van der Waals surface area contributed by atoms with Crippen molar-refractivity contribution in [3.8, 4) is 0 Å². The molecule has 0 atom stereocenters. The molecule has 2 aliphatic rings. The smallest absolute Gasteiger partial charge is 0.162 e. The van der Waals surface area contributed by atoms with Crippen molar-refractivity contribution in [3.05, 3.63) is 77.5 Å². The molecule has 0 bridgehead atoms. The van der Waals surface area contributed by atoms with Gasteiger partial charge in [-0.2, -0.15) is 0 Å². The van der Waals surface area contributed by atoms with Crippen LogP contribution in [0.2, 0.25) is 0 Å². The third-order valence-corrected chi connectivity index (χ3v) is 6.94. The van der Waals surface area contributed by atoms with E-state index in [2.05, 4.69) is 31.2 Å². The molecule has 3 heterocycles. The summed E-state index contributed by atoms with van der Waals surface area (Å²) in [4.78, 5) is 28.5. The van der Waals surface area contributed by atoms with E-state index in [0.29, 0.717) is 12.3 Å². The molecule has 0 radical (unpaired) electrons. The number of benzene rings is 1. The molecule has 1 aliphatic heterocycles. The Morgan fingerprint density at radius 2 is 1.85 bits per heavy atom. The molecule has 2 aromatic heterocycles. The number of aryl methyl sites for hydroxylation is 1. The lowest BCUT2D eigenvalue weighted by Crippen LogP contribution is -2.33. The number of piperidine rings is 1. The normalized spacial score (nSPS) is 16.5. The van der Waals surface area contributed by atoms with Gasteiger partial charge in [0.2, 0.25) is 0 Å². The molecule has 0 unspecified atom stereocenters. The third kappa shape index (κ3) is 5.45. The molecule has 5 rings (SSSR count). The maximum Gasteiger partial charge on any atom is 0.162 e. The Balaban J connectivity index is 1.08. The SMILES string of the molecule is O=C(CCC1CCN(Cc2ccccn2)CC1)c1ccc(Nc2ncnc3c2CCC3)cc1. The average molecular weight is 442 g/mol. The van der Waals surface area contributed by atoms with Gasteiger partial charge in [0, 0.05) is 41.7 Å². The van der Waals surface area contributed by atoms with E-state index in [4.69, 9.17) is 0 Å². The van der Waals surface area contributed by atoms with Gasteiger partial charge in [-0.1, -0.05) is 6.07 Å². The molecule has 1 N–H and O–H groups in total. The summed E-state index contributed by atoms with van der Waals surface area (Å²) in [5, 5.41) is 3.40. The maximum atomic E-state index is 12.8. The van der Waals surface area contributed by atoms with Gasteiger partial charge in [0.25, 0.3) is 0 Å². The van der Waals surface area contributed by atoms with Crippen LogP contribution < -0.4 is 5.32 Å². The largest absolute Gasteiger partial charge is 0.340 e. The van der Waals surface area contributed by atoms with Crippen molar-refractivity contribution in [2.45, 2.75) is 51.5 Å². The number of aromatic nitrogens is 3. The molecular weight excluding hydrogens is 410 g/mol. The Morgan fingerprint density at radius 1 is 1.00 bits per heavy atom. The Labute approximate surface area is 195 Å². The van der Waals surface area contributed by atoms with Gasteiger partial charge < -0.3 is 5.32 Å². The molecule has 1 fully saturated rings. The average Bonchev–Trinajstić information content (AvgIpc) is 3.35. The van der Waals surface area contributed by atoms with E-state index in [9.17, 15) is 4.79 Å². The maximum absolute atomic E-state index is 12.8. The van der Waals surface area contributed by atoms with Gasteiger partial charge in [0.15, 0.2) is 5.78 Å². The first-order valence-corrected chi connectivity index (χ1v) is 12.1. The number of nitrogens with zero attached hydrogens (tertiary/aromatic N) is 4. The van der Waals surface area contributed by atoms with E-state index in [1.807, 2.05) is 42.6 Å². The second-order valence-electron chi connectivity index (χ2n) is 9.21. The first-order chi connectivity index (χ1) is 16.2. The molecule has 170 valence electrons. The van der Waals surface area contributed by atoms with Gasteiger partial charge in [-0.3, -0.25) is 14.7 Å². The van der Waals surface area contributed by atoms with Crippen LogP contribution in [0, 0.1) is 5.92 Å². The van der Waals surface area contributed by atoms with Crippen LogP contribution in [-0.2, 0) is 19.4 Å². The lowest BCUT2D eigenvalue weighted by atomic mass is 9.90. The zero-order chi connectivity index (χ0) is 22.5.